The van der Waals surface area contributed by atoms with Gasteiger partial charge in [0.05, 0.1) is 0 Å². The number of carbonyl (C=O) groups excluding carboxylic acids is 1. The van der Waals surface area contributed by atoms with Crippen molar-refractivity contribution in [1.29, 1.82) is 0 Å². The predicted molar refractivity (Wildman–Crippen MR) is 61.5 cm³/mol. The lowest BCUT2D eigenvalue weighted by molar-refractivity contribution is 0.0919. The number of H-pyrrole nitrogens is 1. The molecule has 2 aliphatic rings. The summed E-state index contributed by atoms with van der Waals surface area (Å²) in [5.41, 5.74) is 5.83. The van der Waals surface area contributed by atoms with E-state index in [0.717, 1.165) is 37.9 Å². The van der Waals surface area contributed by atoms with Crippen LogP contribution >= 0.6 is 0 Å². The second kappa shape index (κ2) is 3.80. The van der Waals surface area contributed by atoms with Crippen molar-refractivity contribution in [3.8, 4) is 0 Å². The molecule has 4 N–H and O–H groups in total. The number of amides is 1. The average Bonchev–Trinajstić information content (AvgIpc) is 3.02. The van der Waals surface area contributed by atoms with E-state index in [1.807, 2.05) is 0 Å². The zero-order valence-corrected chi connectivity index (χ0v) is 9.70. The minimum absolute atomic E-state index is 0.203. The van der Waals surface area contributed by atoms with E-state index in [2.05, 4.69) is 20.5 Å². The van der Waals surface area contributed by atoms with Gasteiger partial charge in [0.2, 0.25) is 5.82 Å². The Bertz CT molecular complexity index is 433. The van der Waals surface area contributed by atoms with Gasteiger partial charge in [0, 0.05) is 18.0 Å². The van der Waals surface area contributed by atoms with Gasteiger partial charge in [0.1, 0.15) is 5.82 Å². The van der Waals surface area contributed by atoms with E-state index in [4.69, 9.17) is 5.73 Å². The second-order valence-electron chi connectivity index (χ2n) is 5.22. The molecule has 0 spiro atoms. The number of nitrogens with one attached hydrogen (secondary N) is 2. The lowest BCUT2D eigenvalue weighted by Crippen LogP contribution is -2.55. The van der Waals surface area contributed by atoms with Gasteiger partial charge in [0.15, 0.2) is 0 Å². The SMILES string of the molecule is NC1(CNC(=O)c2n[nH]c(C3CC3)n2)CCC1. The smallest absolute Gasteiger partial charge is 0.291 e. The molecule has 3 rings (SSSR count). The summed E-state index contributed by atoms with van der Waals surface area (Å²) in [4.78, 5) is 16.0. The van der Waals surface area contributed by atoms with Crippen molar-refractivity contribution < 1.29 is 4.79 Å². The van der Waals surface area contributed by atoms with Crippen LogP contribution in [0.1, 0.15) is 54.5 Å². The van der Waals surface area contributed by atoms with Gasteiger partial charge in [-0.15, -0.1) is 5.10 Å². The number of nitrogens with two attached hydrogens (primary N) is 1. The Balaban J connectivity index is 1.57. The summed E-state index contributed by atoms with van der Waals surface area (Å²) in [7, 11) is 0. The lowest BCUT2D eigenvalue weighted by atomic mass is 9.78. The summed E-state index contributed by atoms with van der Waals surface area (Å²) >= 11 is 0. The molecule has 1 aromatic heterocycles. The Morgan fingerprint density at radius 1 is 1.53 bits per heavy atom. The summed E-state index contributed by atoms with van der Waals surface area (Å²) in [5.74, 6) is 1.32. The molecule has 1 amide bonds. The Morgan fingerprint density at radius 3 is 2.88 bits per heavy atom. The van der Waals surface area contributed by atoms with Crippen molar-refractivity contribution in [3.63, 3.8) is 0 Å². The Morgan fingerprint density at radius 2 is 2.29 bits per heavy atom. The van der Waals surface area contributed by atoms with Gasteiger partial charge in [-0.25, -0.2) is 4.98 Å². The van der Waals surface area contributed by atoms with Crippen molar-refractivity contribution in [2.75, 3.05) is 6.54 Å². The van der Waals surface area contributed by atoms with Gasteiger partial charge in [-0.05, 0) is 32.1 Å². The maximum Gasteiger partial charge on any atom is 0.291 e. The highest BCUT2D eigenvalue weighted by atomic mass is 16.2. The van der Waals surface area contributed by atoms with Crippen LogP contribution in [0.2, 0.25) is 0 Å². The summed E-state index contributed by atoms with van der Waals surface area (Å²) < 4.78 is 0. The third-order valence-electron chi connectivity index (χ3n) is 3.62. The fourth-order valence-corrected chi connectivity index (χ4v) is 2.06. The van der Waals surface area contributed by atoms with Gasteiger partial charge in [0.25, 0.3) is 5.91 Å². The first-order valence-corrected chi connectivity index (χ1v) is 6.16. The van der Waals surface area contributed by atoms with Crippen LogP contribution in [-0.4, -0.2) is 33.2 Å². The number of nitrogens with zero attached hydrogens (tertiary/aromatic N) is 2. The second-order valence-corrected chi connectivity index (χ2v) is 5.22. The van der Waals surface area contributed by atoms with E-state index >= 15 is 0 Å². The largest absolute Gasteiger partial charge is 0.347 e. The molecule has 1 aromatic rings. The topological polar surface area (TPSA) is 96.7 Å². The molecule has 6 nitrogen and oxygen atoms in total. The monoisotopic (exact) mass is 235 g/mol. The standard InChI is InChI=1S/C11H17N5O/c12-11(4-1-5-11)6-13-10(17)9-14-8(15-16-9)7-2-3-7/h7H,1-6,12H2,(H,13,17)(H,14,15,16). The van der Waals surface area contributed by atoms with Gasteiger partial charge in [-0.1, -0.05) is 0 Å². The normalized spacial score (nSPS) is 21.9. The average molecular weight is 235 g/mol. The lowest BCUT2D eigenvalue weighted by Gasteiger charge is -2.37. The Hall–Kier alpha value is -1.43. The maximum atomic E-state index is 11.8. The Kier molecular flexibility index (Phi) is 2.39. The molecule has 2 aliphatic carbocycles. The molecule has 6 heteroatoms. The van der Waals surface area contributed by atoms with E-state index in [1.165, 1.54) is 0 Å². The number of rotatable bonds is 4. The van der Waals surface area contributed by atoms with E-state index in [9.17, 15) is 4.79 Å². The van der Waals surface area contributed by atoms with Crippen LogP contribution in [0.25, 0.3) is 0 Å². The van der Waals surface area contributed by atoms with Crippen molar-refractivity contribution in [2.45, 2.75) is 43.6 Å². The van der Waals surface area contributed by atoms with Crippen LogP contribution in [0.5, 0.6) is 0 Å². The van der Waals surface area contributed by atoms with Crippen LogP contribution in [0.3, 0.4) is 0 Å². The van der Waals surface area contributed by atoms with Gasteiger partial charge in [-0.3, -0.25) is 9.89 Å². The highest BCUT2D eigenvalue weighted by molar-refractivity contribution is 5.90. The molecular weight excluding hydrogens is 218 g/mol. The number of aromatic nitrogens is 3. The number of carbonyl (C=O) groups is 1. The molecule has 0 aliphatic heterocycles. The third kappa shape index (κ3) is 2.17. The molecule has 2 fully saturated rings. The first kappa shape index (κ1) is 10.7. The zero-order chi connectivity index (χ0) is 11.9. The molecular formula is C11H17N5O. The number of hydrogen-bond donors (Lipinski definition) is 3. The van der Waals surface area contributed by atoms with E-state index in [0.29, 0.717) is 12.5 Å². The maximum absolute atomic E-state index is 11.8. The van der Waals surface area contributed by atoms with Crippen LogP contribution in [0.15, 0.2) is 0 Å². The van der Waals surface area contributed by atoms with Crippen LogP contribution in [0.4, 0.5) is 0 Å². The Labute approximate surface area is 99.4 Å². The fraction of sp³-hybridized carbons (Fsp3) is 0.727. The van der Waals surface area contributed by atoms with Gasteiger partial charge < -0.3 is 11.1 Å². The van der Waals surface area contributed by atoms with Crippen molar-refractivity contribution >= 4 is 5.91 Å². The van der Waals surface area contributed by atoms with Crippen LogP contribution in [-0.2, 0) is 0 Å². The number of aromatic amines is 1. The van der Waals surface area contributed by atoms with Crippen LogP contribution < -0.4 is 11.1 Å². The quantitative estimate of drug-likeness (QED) is 0.699. The van der Waals surface area contributed by atoms with E-state index in [1.54, 1.807) is 0 Å². The molecule has 0 atom stereocenters. The van der Waals surface area contributed by atoms with Crippen molar-refractivity contribution in [1.82, 2.24) is 20.5 Å². The van der Waals surface area contributed by atoms with Crippen LogP contribution in [0, 0.1) is 0 Å². The first-order valence-electron chi connectivity index (χ1n) is 6.16. The summed E-state index contributed by atoms with van der Waals surface area (Å²) in [6, 6.07) is 0. The molecule has 0 saturated heterocycles. The fourth-order valence-electron chi connectivity index (χ4n) is 2.06. The zero-order valence-electron chi connectivity index (χ0n) is 9.70. The molecule has 92 valence electrons. The highest BCUT2D eigenvalue weighted by Crippen LogP contribution is 2.37. The molecule has 0 unspecified atom stereocenters. The molecule has 17 heavy (non-hydrogen) atoms. The van der Waals surface area contributed by atoms with E-state index < -0.39 is 0 Å². The minimum Gasteiger partial charge on any atom is -0.347 e. The number of hydrogen-bond acceptors (Lipinski definition) is 4. The highest BCUT2D eigenvalue weighted by Gasteiger charge is 2.33. The summed E-state index contributed by atoms with van der Waals surface area (Å²) in [6.07, 6.45) is 5.40. The van der Waals surface area contributed by atoms with Gasteiger partial charge in [-0.2, -0.15) is 0 Å². The summed E-state index contributed by atoms with van der Waals surface area (Å²) in [5, 5.41) is 9.56. The van der Waals surface area contributed by atoms with Gasteiger partial charge >= 0.3 is 0 Å². The molecule has 2 saturated carbocycles. The third-order valence-corrected chi connectivity index (χ3v) is 3.62. The molecule has 0 bridgehead atoms. The van der Waals surface area contributed by atoms with E-state index in [-0.39, 0.29) is 17.3 Å². The molecule has 1 heterocycles. The molecule has 0 radical (unpaired) electrons. The first-order chi connectivity index (χ1) is 8.16. The molecule has 0 aromatic carbocycles. The van der Waals surface area contributed by atoms with Crippen molar-refractivity contribution in [3.05, 3.63) is 11.6 Å². The summed E-state index contributed by atoms with van der Waals surface area (Å²) in [6.45, 7) is 0.513. The minimum atomic E-state index is -0.232. The van der Waals surface area contributed by atoms with Crippen molar-refractivity contribution in [2.24, 2.45) is 5.73 Å². The predicted octanol–water partition coefficient (Wildman–Crippen LogP) is 0.293.